The molecule has 1 aromatic heterocycles. The molecule has 3 aromatic rings. The summed E-state index contributed by atoms with van der Waals surface area (Å²) in [4.78, 5) is 15.4. The highest BCUT2D eigenvalue weighted by Crippen LogP contribution is 2.34. The van der Waals surface area contributed by atoms with Gasteiger partial charge in [-0.3, -0.25) is 4.79 Å². The van der Waals surface area contributed by atoms with Gasteiger partial charge in [0.15, 0.2) is 5.75 Å². The number of H-pyrrole nitrogens is 1. The van der Waals surface area contributed by atoms with Crippen molar-refractivity contribution in [2.24, 2.45) is 0 Å². The molecule has 0 radical (unpaired) electrons. The van der Waals surface area contributed by atoms with Gasteiger partial charge in [-0.1, -0.05) is 35.3 Å². The van der Waals surface area contributed by atoms with Crippen molar-refractivity contribution in [2.45, 2.75) is 0 Å². The number of nitrogens with one attached hydrogen (secondary N) is 2. The van der Waals surface area contributed by atoms with Gasteiger partial charge < -0.3 is 15.4 Å². The molecule has 21 heavy (non-hydrogen) atoms. The van der Waals surface area contributed by atoms with Crippen molar-refractivity contribution >= 4 is 45.7 Å². The van der Waals surface area contributed by atoms with E-state index < -0.39 is 0 Å². The summed E-state index contributed by atoms with van der Waals surface area (Å²) in [6.45, 7) is 0. The molecule has 3 N–H and O–H groups in total. The topological polar surface area (TPSA) is 65.1 Å². The first-order chi connectivity index (χ1) is 10.1. The zero-order valence-electron chi connectivity index (χ0n) is 10.7. The van der Waals surface area contributed by atoms with E-state index in [1.165, 1.54) is 12.1 Å². The second-order valence-electron chi connectivity index (χ2n) is 4.49. The monoisotopic (exact) mass is 320 g/mol. The average Bonchev–Trinajstić information content (AvgIpc) is 2.92. The van der Waals surface area contributed by atoms with Gasteiger partial charge in [0.25, 0.3) is 5.91 Å². The molecule has 0 fully saturated rings. The van der Waals surface area contributed by atoms with Crippen molar-refractivity contribution in [1.82, 2.24) is 4.98 Å². The Morgan fingerprint density at radius 1 is 1.14 bits per heavy atom. The minimum atomic E-state index is -0.291. The van der Waals surface area contributed by atoms with Gasteiger partial charge in [0, 0.05) is 17.3 Å². The number of fused-ring (bicyclic) bond motifs is 1. The summed E-state index contributed by atoms with van der Waals surface area (Å²) in [5.74, 6) is -0.497. The highest BCUT2D eigenvalue weighted by Gasteiger charge is 2.13. The van der Waals surface area contributed by atoms with Crippen molar-refractivity contribution in [3.8, 4) is 5.75 Å². The number of phenols is 1. The normalized spacial score (nSPS) is 10.8. The number of para-hydroxylation sites is 1. The summed E-state index contributed by atoms with van der Waals surface area (Å²) in [6, 6.07) is 10.2. The van der Waals surface area contributed by atoms with E-state index in [4.69, 9.17) is 23.2 Å². The lowest BCUT2D eigenvalue weighted by atomic mass is 10.1. The Morgan fingerprint density at radius 3 is 2.57 bits per heavy atom. The molecular weight excluding hydrogens is 311 g/mol. The molecule has 0 aliphatic heterocycles. The number of carbonyl (C=O) groups excluding carboxylic acids is 1. The Bertz CT molecular complexity index is 820. The van der Waals surface area contributed by atoms with Crippen LogP contribution in [0.2, 0.25) is 10.0 Å². The maximum absolute atomic E-state index is 12.4. The van der Waals surface area contributed by atoms with E-state index in [1.807, 2.05) is 18.2 Å². The summed E-state index contributed by atoms with van der Waals surface area (Å²) < 4.78 is 0. The molecule has 1 heterocycles. The van der Waals surface area contributed by atoms with E-state index in [0.29, 0.717) is 11.3 Å². The molecule has 6 heteroatoms. The predicted molar refractivity (Wildman–Crippen MR) is 84.4 cm³/mol. The minimum Gasteiger partial charge on any atom is -0.505 e. The molecule has 0 aliphatic rings. The fourth-order valence-electron chi connectivity index (χ4n) is 2.11. The van der Waals surface area contributed by atoms with Crippen LogP contribution in [-0.2, 0) is 0 Å². The van der Waals surface area contributed by atoms with Crippen molar-refractivity contribution in [1.29, 1.82) is 0 Å². The van der Waals surface area contributed by atoms with Crippen LogP contribution in [0.1, 0.15) is 10.4 Å². The number of rotatable bonds is 2. The second kappa shape index (κ2) is 5.31. The van der Waals surface area contributed by atoms with Crippen molar-refractivity contribution < 1.29 is 9.90 Å². The SMILES string of the molecule is O=C(Nc1cc(Cl)c(O)c(Cl)c1)c1cccc2cc[nH]c12. The Hall–Kier alpha value is -2.17. The number of benzene rings is 2. The van der Waals surface area contributed by atoms with Crippen LogP contribution in [0.15, 0.2) is 42.6 Å². The maximum atomic E-state index is 12.4. The lowest BCUT2D eigenvalue weighted by molar-refractivity contribution is 0.102. The van der Waals surface area contributed by atoms with Crippen LogP contribution < -0.4 is 5.32 Å². The van der Waals surface area contributed by atoms with Gasteiger partial charge >= 0.3 is 0 Å². The summed E-state index contributed by atoms with van der Waals surface area (Å²) in [5, 5.41) is 13.3. The largest absolute Gasteiger partial charge is 0.505 e. The number of halogens is 2. The predicted octanol–water partition coefficient (Wildman–Crippen LogP) is 4.43. The highest BCUT2D eigenvalue weighted by atomic mass is 35.5. The smallest absolute Gasteiger partial charge is 0.257 e. The number of aromatic nitrogens is 1. The van der Waals surface area contributed by atoms with Gasteiger partial charge in [0.1, 0.15) is 0 Å². The van der Waals surface area contributed by atoms with Crippen LogP contribution in [0.5, 0.6) is 5.75 Å². The number of carbonyl (C=O) groups is 1. The van der Waals surface area contributed by atoms with E-state index in [9.17, 15) is 9.90 Å². The molecule has 0 spiro atoms. The molecule has 2 aromatic carbocycles. The van der Waals surface area contributed by atoms with Crippen molar-refractivity contribution in [3.63, 3.8) is 0 Å². The zero-order chi connectivity index (χ0) is 15.0. The number of aromatic hydroxyl groups is 1. The fraction of sp³-hybridized carbons (Fsp3) is 0. The molecule has 0 saturated carbocycles. The Labute approximate surface area is 130 Å². The van der Waals surface area contributed by atoms with Crippen LogP contribution >= 0.6 is 23.2 Å². The summed E-state index contributed by atoms with van der Waals surface area (Å²) in [5.41, 5.74) is 1.68. The molecule has 0 saturated heterocycles. The summed E-state index contributed by atoms with van der Waals surface area (Å²) >= 11 is 11.7. The molecule has 3 rings (SSSR count). The van der Waals surface area contributed by atoms with Crippen molar-refractivity contribution in [2.75, 3.05) is 5.32 Å². The number of anilines is 1. The Balaban J connectivity index is 1.95. The molecule has 4 nitrogen and oxygen atoms in total. The highest BCUT2D eigenvalue weighted by molar-refractivity contribution is 6.37. The zero-order valence-corrected chi connectivity index (χ0v) is 12.2. The molecule has 1 amide bonds. The van der Waals surface area contributed by atoms with E-state index in [-0.39, 0.29) is 21.7 Å². The lowest BCUT2D eigenvalue weighted by Crippen LogP contribution is -2.12. The first-order valence-electron chi connectivity index (χ1n) is 6.12. The van der Waals surface area contributed by atoms with Gasteiger partial charge in [-0.2, -0.15) is 0 Å². The summed E-state index contributed by atoms with van der Waals surface area (Å²) in [6.07, 6.45) is 1.77. The second-order valence-corrected chi connectivity index (χ2v) is 5.30. The van der Waals surface area contributed by atoms with Gasteiger partial charge in [0.05, 0.1) is 21.1 Å². The quantitative estimate of drug-likeness (QED) is 0.611. The third-order valence-corrected chi connectivity index (χ3v) is 3.68. The number of hydrogen-bond donors (Lipinski definition) is 3. The number of hydrogen-bond acceptors (Lipinski definition) is 2. The standard InChI is InChI=1S/C15H10Cl2N2O2/c16-11-6-9(7-12(17)14(11)20)19-15(21)10-3-1-2-8-4-5-18-13(8)10/h1-7,18,20H,(H,19,21). The minimum absolute atomic E-state index is 0.0795. The molecule has 0 unspecified atom stereocenters. The van der Waals surface area contributed by atoms with Crippen LogP contribution in [0, 0.1) is 0 Å². The Morgan fingerprint density at radius 2 is 1.86 bits per heavy atom. The van der Waals surface area contributed by atoms with E-state index in [1.54, 1.807) is 12.3 Å². The van der Waals surface area contributed by atoms with Gasteiger partial charge in [-0.05, 0) is 24.3 Å². The third kappa shape index (κ3) is 2.55. The van der Waals surface area contributed by atoms with Gasteiger partial charge in [0.2, 0.25) is 0 Å². The Kier molecular flexibility index (Phi) is 3.49. The first kappa shape index (κ1) is 13.8. The summed E-state index contributed by atoms with van der Waals surface area (Å²) in [7, 11) is 0. The lowest BCUT2D eigenvalue weighted by Gasteiger charge is -2.08. The van der Waals surface area contributed by atoms with E-state index >= 15 is 0 Å². The van der Waals surface area contributed by atoms with E-state index in [2.05, 4.69) is 10.3 Å². The number of phenolic OH excluding ortho intramolecular Hbond substituents is 1. The van der Waals surface area contributed by atoms with Crippen LogP contribution in [0.4, 0.5) is 5.69 Å². The number of aromatic amines is 1. The first-order valence-corrected chi connectivity index (χ1v) is 6.87. The fourth-order valence-corrected chi connectivity index (χ4v) is 2.60. The molecule has 0 bridgehead atoms. The average molecular weight is 321 g/mol. The molecule has 106 valence electrons. The molecule has 0 aliphatic carbocycles. The van der Waals surface area contributed by atoms with E-state index in [0.717, 1.165) is 10.9 Å². The van der Waals surface area contributed by atoms with Crippen molar-refractivity contribution in [3.05, 3.63) is 58.2 Å². The van der Waals surface area contributed by atoms with Crippen LogP contribution in [-0.4, -0.2) is 16.0 Å². The van der Waals surface area contributed by atoms with Crippen LogP contribution in [0.3, 0.4) is 0 Å². The number of amides is 1. The van der Waals surface area contributed by atoms with Crippen LogP contribution in [0.25, 0.3) is 10.9 Å². The third-order valence-electron chi connectivity index (χ3n) is 3.11. The molecule has 0 atom stereocenters. The molecular formula is C15H10Cl2N2O2. The maximum Gasteiger partial charge on any atom is 0.257 e. The van der Waals surface area contributed by atoms with Gasteiger partial charge in [-0.15, -0.1) is 0 Å². The van der Waals surface area contributed by atoms with Gasteiger partial charge in [-0.25, -0.2) is 0 Å².